The zero-order valence-electron chi connectivity index (χ0n) is 20.2. The second-order valence-corrected chi connectivity index (χ2v) is 9.19. The number of ether oxygens (including phenoxy) is 1. The van der Waals surface area contributed by atoms with Gasteiger partial charge in [0.05, 0.1) is 11.4 Å². The van der Waals surface area contributed by atoms with Crippen molar-refractivity contribution in [3.63, 3.8) is 0 Å². The van der Waals surface area contributed by atoms with Crippen LogP contribution in [0.25, 0.3) is 5.65 Å². The van der Waals surface area contributed by atoms with E-state index >= 15 is 0 Å². The van der Waals surface area contributed by atoms with E-state index < -0.39 is 0 Å². The molecule has 0 spiro atoms. The Morgan fingerprint density at radius 3 is 2.54 bits per heavy atom. The number of nitrogens with one attached hydrogen (secondary N) is 1. The molecule has 2 aromatic heterocycles. The molecule has 180 valence electrons. The minimum Gasteiger partial charge on any atom is -0.489 e. The molecule has 0 unspecified atom stereocenters. The van der Waals surface area contributed by atoms with Crippen molar-refractivity contribution >= 4 is 17.2 Å². The van der Waals surface area contributed by atoms with Crippen molar-refractivity contribution in [1.82, 2.24) is 14.3 Å². The van der Waals surface area contributed by atoms with Crippen LogP contribution in [0.5, 0.6) is 5.75 Å². The SMILES string of the molecule is Cc1c(CCCN2CCCC2)nc2ccc(NC(=O)c3ccc(OCc4ccccc4)cc3)cn12. The number of nitrogens with zero attached hydrogens (tertiary/aromatic N) is 3. The fourth-order valence-corrected chi connectivity index (χ4v) is 4.64. The molecule has 1 N–H and O–H groups in total. The number of aromatic nitrogens is 2. The lowest BCUT2D eigenvalue weighted by atomic mass is 10.2. The maximum atomic E-state index is 12.8. The first kappa shape index (κ1) is 23.1. The Labute approximate surface area is 206 Å². The minimum atomic E-state index is -0.150. The van der Waals surface area contributed by atoms with Crippen LogP contribution in [0.2, 0.25) is 0 Å². The molecule has 0 saturated carbocycles. The van der Waals surface area contributed by atoms with Gasteiger partial charge in [0.2, 0.25) is 0 Å². The maximum Gasteiger partial charge on any atom is 0.255 e. The van der Waals surface area contributed by atoms with Gasteiger partial charge in [-0.2, -0.15) is 0 Å². The standard InChI is InChI=1S/C29H32N4O2/c1-22-27(10-7-19-32-17-5-6-18-32)31-28-16-13-25(20-33(22)28)30-29(34)24-11-14-26(15-12-24)35-21-23-8-3-2-4-9-23/h2-4,8-9,11-16,20H,5-7,10,17-19,21H2,1H3,(H,30,34). The van der Waals surface area contributed by atoms with Crippen LogP contribution in [0.15, 0.2) is 72.9 Å². The highest BCUT2D eigenvalue weighted by molar-refractivity contribution is 6.04. The van der Waals surface area contributed by atoms with Gasteiger partial charge in [0.15, 0.2) is 0 Å². The van der Waals surface area contributed by atoms with Crippen molar-refractivity contribution in [2.45, 2.75) is 39.2 Å². The number of amides is 1. The molecule has 0 radical (unpaired) electrons. The number of benzene rings is 2. The zero-order valence-corrected chi connectivity index (χ0v) is 20.2. The van der Waals surface area contributed by atoms with Crippen LogP contribution in [-0.2, 0) is 13.0 Å². The van der Waals surface area contributed by atoms with Gasteiger partial charge in [-0.15, -0.1) is 0 Å². The number of imidazole rings is 1. The van der Waals surface area contributed by atoms with Crippen LogP contribution in [0, 0.1) is 6.92 Å². The number of hydrogen-bond donors (Lipinski definition) is 1. The van der Waals surface area contributed by atoms with Crippen LogP contribution in [-0.4, -0.2) is 39.8 Å². The third-order valence-electron chi connectivity index (χ3n) is 6.66. The first-order valence-electron chi connectivity index (χ1n) is 12.4. The molecule has 6 nitrogen and oxygen atoms in total. The first-order chi connectivity index (χ1) is 17.2. The van der Waals surface area contributed by atoms with Crippen LogP contribution in [0.1, 0.15) is 46.6 Å². The summed E-state index contributed by atoms with van der Waals surface area (Å²) in [6.07, 6.45) is 6.71. The molecule has 6 heteroatoms. The number of anilines is 1. The molecule has 1 aliphatic heterocycles. The fourth-order valence-electron chi connectivity index (χ4n) is 4.64. The van der Waals surface area contributed by atoms with Gasteiger partial charge in [-0.25, -0.2) is 4.98 Å². The van der Waals surface area contributed by atoms with Gasteiger partial charge >= 0.3 is 0 Å². The lowest BCUT2D eigenvalue weighted by Gasteiger charge is -2.13. The number of rotatable bonds is 9. The van der Waals surface area contributed by atoms with Crippen LogP contribution in [0.3, 0.4) is 0 Å². The number of carbonyl (C=O) groups excluding carboxylic acids is 1. The molecular weight excluding hydrogens is 436 g/mol. The van der Waals surface area contributed by atoms with E-state index in [1.807, 2.05) is 60.8 Å². The molecule has 1 saturated heterocycles. The molecule has 3 heterocycles. The quantitative estimate of drug-likeness (QED) is 0.352. The van der Waals surface area contributed by atoms with E-state index in [0.717, 1.165) is 53.4 Å². The Hall–Kier alpha value is -3.64. The van der Waals surface area contributed by atoms with E-state index in [9.17, 15) is 4.79 Å². The molecule has 1 fully saturated rings. The average molecular weight is 469 g/mol. The Bertz CT molecular complexity index is 1280. The van der Waals surface area contributed by atoms with Crippen molar-refractivity contribution in [3.05, 3.63) is 95.4 Å². The zero-order chi connectivity index (χ0) is 24.0. The summed E-state index contributed by atoms with van der Waals surface area (Å²) in [4.78, 5) is 20.2. The smallest absolute Gasteiger partial charge is 0.255 e. The molecule has 1 amide bonds. The third-order valence-corrected chi connectivity index (χ3v) is 6.66. The molecule has 0 bridgehead atoms. The second kappa shape index (κ2) is 10.7. The van der Waals surface area contributed by atoms with E-state index in [2.05, 4.69) is 21.5 Å². The summed E-state index contributed by atoms with van der Waals surface area (Å²) in [5, 5.41) is 3.01. The predicted molar refractivity (Wildman–Crippen MR) is 139 cm³/mol. The number of carbonyl (C=O) groups is 1. The number of aryl methyl sites for hydroxylation is 2. The van der Waals surface area contributed by atoms with E-state index in [4.69, 9.17) is 9.72 Å². The highest BCUT2D eigenvalue weighted by Gasteiger charge is 2.14. The van der Waals surface area contributed by atoms with Gasteiger partial charge < -0.3 is 19.4 Å². The van der Waals surface area contributed by atoms with E-state index in [1.165, 1.54) is 25.9 Å². The van der Waals surface area contributed by atoms with Crippen molar-refractivity contribution in [2.24, 2.45) is 0 Å². The molecule has 5 rings (SSSR count). The lowest BCUT2D eigenvalue weighted by Crippen LogP contribution is -2.20. The average Bonchev–Trinajstić information content (AvgIpc) is 3.52. The highest BCUT2D eigenvalue weighted by Crippen LogP contribution is 2.20. The van der Waals surface area contributed by atoms with Gasteiger partial charge in [0.1, 0.15) is 18.0 Å². The number of hydrogen-bond acceptors (Lipinski definition) is 4. The van der Waals surface area contributed by atoms with Crippen LogP contribution < -0.4 is 10.1 Å². The summed E-state index contributed by atoms with van der Waals surface area (Å²) < 4.78 is 7.89. The number of likely N-dealkylation sites (tertiary alicyclic amines) is 1. The number of pyridine rings is 1. The summed E-state index contributed by atoms with van der Waals surface area (Å²) in [5.74, 6) is 0.584. The molecule has 35 heavy (non-hydrogen) atoms. The van der Waals surface area contributed by atoms with Gasteiger partial charge in [-0.05, 0) is 94.2 Å². The Morgan fingerprint density at radius 2 is 1.77 bits per heavy atom. The molecule has 0 aliphatic carbocycles. The normalized spacial score (nSPS) is 13.9. The van der Waals surface area contributed by atoms with E-state index in [1.54, 1.807) is 12.1 Å². The van der Waals surface area contributed by atoms with Gasteiger partial charge in [-0.3, -0.25) is 4.79 Å². The highest BCUT2D eigenvalue weighted by atomic mass is 16.5. The van der Waals surface area contributed by atoms with Gasteiger partial charge in [0.25, 0.3) is 5.91 Å². The van der Waals surface area contributed by atoms with Crippen molar-refractivity contribution < 1.29 is 9.53 Å². The molecule has 2 aromatic carbocycles. The van der Waals surface area contributed by atoms with E-state index in [0.29, 0.717) is 12.2 Å². The lowest BCUT2D eigenvalue weighted by molar-refractivity contribution is 0.102. The first-order valence-corrected chi connectivity index (χ1v) is 12.4. The molecule has 0 atom stereocenters. The third kappa shape index (κ3) is 5.72. The minimum absolute atomic E-state index is 0.150. The summed E-state index contributed by atoms with van der Waals surface area (Å²) in [6.45, 7) is 6.21. The van der Waals surface area contributed by atoms with Crippen molar-refractivity contribution in [1.29, 1.82) is 0 Å². The van der Waals surface area contributed by atoms with Crippen molar-refractivity contribution in [3.8, 4) is 5.75 Å². The van der Waals surface area contributed by atoms with E-state index in [-0.39, 0.29) is 5.91 Å². The summed E-state index contributed by atoms with van der Waals surface area (Å²) in [5.41, 5.74) is 5.63. The monoisotopic (exact) mass is 468 g/mol. The molecule has 4 aromatic rings. The van der Waals surface area contributed by atoms with Crippen LogP contribution >= 0.6 is 0 Å². The Kier molecular flexibility index (Phi) is 7.09. The second-order valence-electron chi connectivity index (χ2n) is 9.19. The summed E-state index contributed by atoms with van der Waals surface area (Å²) >= 11 is 0. The summed E-state index contributed by atoms with van der Waals surface area (Å²) in [7, 11) is 0. The van der Waals surface area contributed by atoms with Crippen molar-refractivity contribution in [2.75, 3.05) is 25.0 Å². The van der Waals surface area contributed by atoms with Gasteiger partial charge in [0, 0.05) is 17.5 Å². The largest absolute Gasteiger partial charge is 0.489 e. The molecule has 1 aliphatic rings. The maximum absolute atomic E-state index is 12.8. The van der Waals surface area contributed by atoms with Gasteiger partial charge in [-0.1, -0.05) is 30.3 Å². The summed E-state index contributed by atoms with van der Waals surface area (Å²) in [6, 6.07) is 21.1. The van der Waals surface area contributed by atoms with Crippen LogP contribution in [0.4, 0.5) is 5.69 Å². The number of fused-ring (bicyclic) bond motifs is 1. The Morgan fingerprint density at radius 1 is 1.00 bits per heavy atom. The fraction of sp³-hybridized carbons (Fsp3) is 0.310. The Balaban J connectivity index is 1.19. The predicted octanol–water partition coefficient (Wildman–Crippen LogP) is 5.50. The topological polar surface area (TPSA) is 58.9 Å². The molecular formula is C29H32N4O2.